The van der Waals surface area contributed by atoms with E-state index >= 15 is 0 Å². The van der Waals surface area contributed by atoms with Crippen LogP contribution in [0.4, 0.5) is 0 Å². The summed E-state index contributed by atoms with van der Waals surface area (Å²) in [4.78, 5) is 22.8. The van der Waals surface area contributed by atoms with Crippen LogP contribution in [0.1, 0.15) is 27.2 Å². The van der Waals surface area contributed by atoms with Gasteiger partial charge in [0.25, 0.3) is 0 Å². The lowest BCUT2D eigenvalue weighted by atomic mass is 10.2. The molecular formula is C17H25NO3. The van der Waals surface area contributed by atoms with Crippen molar-refractivity contribution in [3.8, 4) is 12.3 Å². The topological polar surface area (TPSA) is 46.6 Å². The molecule has 0 saturated carbocycles. The Kier molecular flexibility index (Phi) is 16.1. The molecule has 0 aromatic carbocycles. The molecule has 21 heavy (non-hydrogen) atoms. The Morgan fingerprint density at radius 1 is 1.48 bits per heavy atom. The van der Waals surface area contributed by atoms with E-state index in [0.717, 1.165) is 25.6 Å². The number of allylic oxidation sites excluding steroid dienone is 4. The third-order valence-electron chi connectivity index (χ3n) is 2.29. The fourth-order valence-electron chi connectivity index (χ4n) is 1.13. The van der Waals surface area contributed by atoms with Gasteiger partial charge in [0.15, 0.2) is 12.6 Å². The molecule has 0 bridgehead atoms. The van der Waals surface area contributed by atoms with E-state index in [9.17, 15) is 9.59 Å². The molecule has 0 aromatic heterocycles. The third kappa shape index (κ3) is 11.4. The van der Waals surface area contributed by atoms with Crippen molar-refractivity contribution in [2.24, 2.45) is 0 Å². The Morgan fingerprint density at radius 2 is 2.05 bits per heavy atom. The lowest BCUT2D eigenvalue weighted by Crippen LogP contribution is -2.20. The van der Waals surface area contributed by atoms with Crippen LogP contribution in [-0.4, -0.2) is 37.7 Å². The van der Waals surface area contributed by atoms with Crippen molar-refractivity contribution in [1.82, 2.24) is 4.90 Å². The molecule has 0 atom stereocenters. The van der Waals surface area contributed by atoms with Crippen molar-refractivity contribution in [1.29, 1.82) is 0 Å². The van der Waals surface area contributed by atoms with Crippen LogP contribution in [0.5, 0.6) is 0 Å². The van der Waals surface area contributed by atoms with E-state index in [1.165, 1.54) is 0 Å². The predicted octanol–water partition coefficient (Wildman–Crippen LogP) is 2.73. The quantitative estimate of drug-likeness (QED) is 0.454. The summed E-state index contributed by atoms with van der Waals surface area (Å²) in [5.74, 6) is 2.43. The molecule has 0 unspecified atom stereocenters. The summed E-state index contributed by atoms with van der Waals surface area (Å²) >= 11 is 0. The van der Waals surface area contributed by atoms with Gasteiger partial charge in [0.05, 0.1) is 5.70 Å². The fraction of sp³-hybridized carbons (Fsp3) is 0.412. The van der Waals surface area contributed by atoms with E-state index in [4.69, 9.17) is 6.42 Å². The first kappa shape index (κ1) is 21.2. The van der Waals surface area contributed by atoms with Gasteiger partial charge < -0.3 is 9.64 Å². The highest BCUT2D eigenvalue weighted by atomic mass is 16.5. The second-order valence-electron chi connectivity index (χ2n) is 3.77. The summed E-state index contributed by atoms with van der Waals surface area (Å²) in [6, 6.07) is 0. The maximum atomic E-state index is 10.6. The number of ether oxygens (including phenoxy) is 1. The fourth-order valence-corrected chi connectivity index (χ4v) is 1.13. The van der Waals surface area contributed by atoms with Crippen LogP contribution in [-0.2, 0) is 14.3 Å². The molecule has 1 aliphatic heterocycles. The standard InChI is InChI=1S/C10H11NO2.C4H6.C3H8O/c1-2-10(8-13)11-5-3-4-9(6-11)7-12;2*1-3-4-2/h2-4,6-8H,5H2,1H3;1H,4H2,2H3;3H2,1-2H3/b10-2-;;. The van der Waals surface area contributed by atoms with Crippen molar-refractivity contribution in [3.63, 3.8) is 0 Å². The van der Waals surface area contributed by atoms with Gasteiger partial charge in [0.2, 0.25) is 0 Å². The van der Waals surface area contributed by atoms with E-state index in [1.807, 2.05) is 19.9 Å². The number of rotatable bonds is 4. The number of carbonyl (C=O) groups is 2. The Hall–Kier alpha value is -2.12. The summed E-state index contributed by atoms with van der Waals surface area (Å²) < 4.78 is 4.54. The van der Waals surface area contributed by atoms with Crippen LogP contribution in [0, 0.1) is 12.3 Å². The molecule has 0 N–H and O–H groups in total. The van der Waals surface area contributed by atoms with Crippen LogP contribution >= 0.6 is 0 Å². The van der Waals surface area contributed by atoms with Gasteiger partial charge in [-0.05, 0) is 13.8 Å². The number of nitrogens with zero attached hydrogens (tertiary/aromatic N) is 1. The van der Waals surface area contributed by atoms with Crippen LogP contribution in [0.15, 0.2) is 35.7 Å². The minimum atomic E-state index is 0.573. The molecule has 0 aliphatic carbocycles. The van der Waals surface area contributed by atoms with Crippen molar-refractivity contribution < 1.29 is 14.3 Å². The Bertz CT molecular complexity index is 412. The van der Waals surface area contributed by atoms with E-state index in [1.54, 1.807) is 37.3 Å². The lowest BCUT2D eigenvalue weighted by molar-refractivity contribution is -0.106. The van der Waals surface area contributed by atoms with Gasteiger partial charge in [-0.15, -0.1) is 12.3 Å². The van der Waals surface area contributed by atoms with Crippen LogP contribution in [0.2, 0.25) is 0 Å². The number of hydrogen-bond donors (Lipinski definition) is 0. The molecular weight excluding hydrogens is 266 g/mol. The second kappa shape index (κ2) is 15.9. The summed E-state index contributed by atoms with van der Waals surface area (Å²) in [6.45, 7) is 7.15. The van der Waals surface area contributed by atoms with Gasteiger partial charge in [-0.2, -0.15) is 0 Å². The molecule has 4 heteroatoms. The second-order valence-corrected chi connectivity index (χ2v) is 3.77. The highest BCUT2D eigenvalue weighted by molar-refractivity contribution is 5.79. The first-order valence-corrected chi connectivity index (χ1v) is 6.79. The molecule has 0 fully saturated rings. The zero-order valence-electron chi connectivity index (χ0n) is 13.3. The predicted molar refractivity (Wildman–Crippen MR) is 86.5 cm³/mol. The van der Waals surface area contributed by atoms with Gasteiger partial charge in [-0.3, -0.25) is 9.59 Å². The van der Waals surface area contributed by atoms with Gasteiger partial charge in [-0.25, -0.2) is 0 Å². The molecule has 0 radical (unpaired) electrons. The van der Waals surface area contributed by atoms with Crippen LogP contribution < -0.4 is 0 Å². The van der Waals surface area contributed by atoms with E-state index < -0.39 is 0 Å². The molecule has 1 aliphatic rings. The van der Waals surface area contributed by atoms with E-state index in [0.29, 0.717) is 17.8 Å². The zero-order valence-corrected chi connectivity index (χ0v) is 13.3. The van der Waals surface area contributed by atoms with Crippen molar-refractivity contribution in [2.45, 2.75) is 27.2 Å². The zero-order chi connectivity index (χ0) is 16.5. The van der Waals surface area contributed by atoms with Crippen LogP contribution in [0.3, 0.4) is 0 Å². The molecule has 1 heterocycles. The van der Waals surface area contributed by atoms with Gasteiger partial charge >= 0.3 is 0 Å². The third-order valence-corrected chi connectivity index (χ3v) is 2.29. The summed E-state index contributed by atoms with van der Waals surface area (Å²) in [7, 11) is 1.68. The highest BCUT2D eigenvalue weighted by Crippen LogP contribution is 2.10. The smallest absolute Gasteiger partial charge is 0.166 e. The Labute approximate surface area is 128 Å². The summed E-state index contributed by atoms with van der Waals surface area (Å²) in [5.41, 5.74) is 1.15. The molecule has 116 valence electrons. The number of methoxy groups -OCH3 is 1. The number of terminal acetylenes is 1. The monoisotopic (exact) mass is 291 g/mol. The van der Waals surface area contributed by atoms with Crippen LogP contribution in [0.25, 0.3) is 0 Å². The van der Waals surface area contributed by atoms with Crippen molar-refractivity contribution >= 4 is 12.6 Å². The summed E-state index contributed by atoms with van der Waals surface area (Å²) in [6.07, 6.45) is 14.1. The minimum absolute atomic E-state index is 0.573. The Balaban J connectivity index is 0. The van der Waals surface area contributed by atoms with Gasteiger partial charge in [0, 0.05) is 38.5 Å². The number of carbonyl (C=O) groups excluding carboxylic acids is 2. The highest BCUT2D eigenvalue weighted by Gasteiger charge is 2.07. The molecule has 0 spiro atoms. The van der Waals surface area contributed by atoms with Crippen molar-refractivity contribution in [3.05, 3.63) is 35.7 Å². The minimum Gasteiger partial charge on any atom is -0.385 e. The lowest BCUT2D eigenvalue weighted by Gasteiger charge is -2.21. The maximum absolute atomic E-state index is 10.6. The largest absolute Gasteiger partial charge is 0.385 e. The van der Waals surface area contributed by atoms with E-state index in [2.05, 4.69) is 10.7 Å². The molecule has 1 rings (SSSR count). The Morgan fingerprint density at radius 3 is 2.38 bits per heavy atom. The van der Waals surface area contributed by atoms with Crippen molar-refractivity contribution in [2.75, 3.05) is 20.3 Å². The SMILES string of the molecule is C#CCC.C/C=C(/C=O)N1C=C(C=O)C=CC1.CCOC. The molecule has 0 saturated heterocycles. The molecule has 0 aromatic rings. The normalized spacial score (nSPS) is 12.8. The average molecular weight is 291 g/mol. The van der Waals surface area contributed by atoms with Gasteiger partial charge in [-0.1, -0.05) is 25.2 Å². The number of aldehydes is 2. The van der Waals surface area contributed by atoms with Gasteiger partial charge in [0.1, 0.15) is 0 Å². The average Bonchev–Trinajstić information content (AvgIpc) is 2.56. The first-order valence-electron chi connectivity index (χ1n) is 6.79. The maximum Gasteiger partial charge on any atom is 0.166 e. The summed E-state index contributed by atoms with van der Waals surface area (Å²) in [5, 5.41) is 0. The van der Waals surface area contributed by atoms with E-state index in [-0.39, 0.29) is 0 Å². The molecule has 4 nitrogen and oxygen atoms in total. The number of hydrogen-bond acceptors (Lipinski definition) is 4. The first-order chi connectivity index (χ1) is 10.1. The molecule has 0 amide bonds.